The summed E-state index contributed by atoms with van der Waals surface area (Å²) in [5.74, 6) is 0. The van der Waals surface area contributed by atoms with Crippen molar-refractivity contribution >= 4 is 16.4 Å². The molecule has 3 rings (SSSR count). The Bertz CT molecular complexity index is 697. The molecule has 0 aliphatic heterocycles. The molecule has 3 nitrogen and oxygen atoms in total. The van der Waals surface area contributed by atoms with Crippen LogP contribution >= 0.6 is 0 Å². The fourth-order valence-electron chi connectivity index (χ4n) is 2.48. The van der Waals surface area contributed by atoms with Gasteiger partial charge in [-0.25, -0.2) is 4.98 Å². The molecule has 3 aromatic rings. The van der Waals surface area contributed by atoms with Gasteiger partial charge in [0.25, 0.3) is 0 Å². The van der Waals surface area contributed by atoms with Gasteiger partial charge < -0.3 is 10.1 Å². The molecule has 0 unspecified atom stereocenters. The number of imidazole rings is 1. The van der Waals surface area contributed by atoms with Gasteiger partial charge in [-0.05, 0) is 43.3 Å². The highest BCUT2D eigenvalue weighted by atomic mass is 15.0. The van der Waals surface area contributed by atoms with E-state index in [-0.39, 0.29) is 0 Å². The molecule has 2 N–H and O–H groups in total. The van der Waals surface area contributed by atoms with Crippen LogP contribution in [0.4, 0.5) is 0 Å². The Hall–Kier alpha value is -1.87. The molecule has 18 heavy (non-hydrogen) atoms. The summed E-state index contributed by atoms with van der Waals surface area (Å²) in [5.41, 5.74) is 9.14. The summed E-state index contributed by atoms with van der Waals surface area (Å²) in [5, 5.41) is 2.50. The van der Waals surface area contributed by atoms with Crippen molar-refractivity contribution in [2.45, 2.75) is 19.8 Å². The van der Waals surface area contributed by atoms with Crippen LogP contribution in [0.2, 0.25) is 0 Å². The van der Waals surface area contributed by atoms with Crippen LogP contribution in [0.3, 0.4) is 0 Å². The van der Waals surface area contributed by atoms with Gasteiger partial charge in [-0.15, -0.1) is 0 Å². The highest BCUT2D eigenvalue weighted by molar-refractivity contribution is 5.95. The van der Waals surface area contributed by atoms with Crippen molar-refractivity contribution < 1.29 is 0 Å². The van der Waals surface area contributed by atoms with E-state index in [1.807, 2.05) is 6.20 Å². The molecular formula is C15H17N3. The standard InChI is InChI=1S/C15H17N3/c1-11-4-2-6-14-13(11)7-9-18-12(5-3-8-16)10-17-15(14)18/h2,4,6-7,9-10H,3,5,8,16H2,1H3. The first kappa shape index (κ1) is 11.2. The minimum Gasteiger partial charge on any atom is -0.330 e. The molecule has 1 aromatic carbocycles. The molecule has 0 amide bonds. The lowest BCUT2D eigenvalue weighted by molar-refractivity contribution is 0.803. The molecule has 0 saturated carbocycles. The molecule has 0 fully saturated rings. The fraction of sp³-hybridized carbons (Fsp3) is 0.267. The van der Waals surface area contributed by atoms with Crippen LogP contribution < -0.4 is 5.73 Å². The van der Waals surface area contributed by atoms with E-state index in [2.05, 4.69) is 46.8 Å². The molecule has 0 bridgehead atoms. The van der Waals surface area contributed by atoms with Gasteiger partial charge in [0, 0.05) is 23.5 Å². The monoisotopic (exact) mass is 239 g/mol. The number of hydrogen-bond donors (Lipinski definition) is 1. The molecule has 92 valence electrons. The Balaban J connectivity index is 2.23. The number of benzene rings is 1. The molecule has 2 heterocycles. The van der Waals surface area contributed by atoms with Crippen molar-refractivity contribution in [3.63, 3.8) is 0 Å². The normalized spacial score (nSPS) is 11.4. The lowest BCUT2D eigenvalue weighted by atomic mass is 10.1. The van der Waals surface area contributed by atoms with Gasteiger partial charge in [0.2, 0.25) is 0 Å². The van der Waals surface area contributed by atoms with E-state index < -0.39 is 0 Å². The Kier molecular flexibility index (Phi) is 2.76. The second-order valence-corrected chi connectivity index (χ2v) is 4.69. The number of fused-ring (bicyclic) bond motifs is 3. The maximum Gasteiger partial charge on any atom is 0.144 e. The first-order valence-electron chi connectivity index (χ1n) is 6.35. The lowest BCUT2D eigenvalue weighted by Gasteiger charge is -2.05. The fourth-order valence-corrected chi connectivity index (χ4v) is 2.48. The lowest BCUT2D eigenvalue weighted by Crippen LogP contribution is -2.02. The molecule has 0 aliphatic carbocycles. The van der Waals surface area contributed by atoms with E-state index in [4.69, 9.17) is 5.73 Å². The zero-order valence-electron chi connectivity index (χ0n) is 10.6. The number of aryl methyl sites for hydroxylation is 2. The van der Waals surface area contributed by atoms with Crippen molar-refractivity contribution in [1.29, 1.82) is 0 Å². The molecule has 0 aliphatic rings. The number of pyridine rings is 1. The van der Waals surface area contributed by atoms with Gasteiger partial charge in [-0.1, -0.05) is 18.2 Å². The topological polar surface area (TPSA) is 43.3 Å². The van der Waals surface area contributed by atoms with Gasteiger partial charge in [0.05, 0.1) is 0 Å². The molecule has 3 heteroatoms. The van der Waals surface area contributed by atoms with Crippen LogP contribution in [-0.2, 0) is 6.42 Å². The second-order valence-electron chi connectivity index (χ2n) is 4.69. The third-order valence-electron chi connectivity index (χ3n) is 3.47. The summed E-state index contributed by atoms with van der Waals surface area (Å²) in [4.78, 5) is 4.56. The summed E-state index contributed by atoms with van der Waals surface area (Å²) >= 11 is 0. The van der Waals surface area contributed by atoms with Gasteiger partial charge in [0.15, 0.2) is 0 Å². The largest absolute Gasteiger partial charge is 0.330 e. The van der Waals surface area contributed by atoms with Crippen molar-refractivity contribution in [2.24, 2.45) is 5.73 Å². The van der Waals surface area contributed by atoms with Gasteiger partial charge >= 0.3 is 0 Å². The predicted molar refractivity (Wildman–Crippen MR) is 74.8 cm³/mol. The average molecular weight is 239 g/mol. The van der Waals surface area contributed by atoms with Crippen LogP contribution in [0.5, 0.6) is 0 Å². The Labute approximate surface area is 106 Å². The van der Waals surface area contributed by atoms with Crippen LogP contribution in [-0.4, -0.2) is 15.9 Å². The predicted octanol–water partition coefficient (Wildman–Crippen LogP) is 2.69. The Morgan fingerprint density at radius 2 is 2.11 bits per heavy atom. The third-order valence-corrected chi connectivity index (χ3v) is 3.47. The molecule has 2 aromatic heterocycles. The highest BCUT2D eigenvalue weighted by Gasteiger charge is 2.07. The summed E-state index contributed by atoms with van der Waals surface area (Å²) < 4.78 is 2.18. The van der Waals surface area contributed by atoms with Crippen LogP contribution in [0, 0.1) is 6.92 Å². The Morgan fingerprint density at radius 3 is 2.94 bits per heavy atom. The van der Waals surface area contributed by atoms with Gasteiger partial charge in [-0.2, -0.15) is 0 Å². The first-order chi connectivity index (χ1) is 8.81. The van der Waals surface area contributed by atoms with Crippen LogP contribution in [0.15, 0.2) is 36.7 Å². The number of rotatable bonds is 3. The van der Waals surface area contributed by atoms with Gasteiger partial charge in [0.1, 0.15) is 5.65 Å². The number of aromatic nitrogens is 2. The summed E-state index contributed by atoms with van der Waals surface area (Å²) in [7, 11) is 0. The van der Waals surface area contributed by atoms with E-state index in [0.717, 1.165) is 25.0 Å². The van der Waals surface area contributed by atoms with Crippen LogP contribution in [0.25, 0.3) is 16.4 Å². The first-order valence-corrected chi connectivity index (χ1v) is 6.35. The molecule has 0 atom stereocenters. The highest BCUT2D eigenvalue weighted by Crippen LogP contribution is 2.23. The molecular weight excluding hydrogens is 222 g/mol. The van der Waals surface area contributed by atoms with E-state index in [9.17, 15) is 0 Å². The zero-order valence-corrected chi connectivity index (χ0v) is 10.6. The molecule has 0 saturated heterocycles. The zero-order chi connectivity index (χ0) is 12.5. The summed E-state index contributed by atoms with van der Waals surface area (Å²) in [6, 6.07) is 8.53. The van der Waals surface area contributed by atoms with Crippen molar-refractivity contribution in [1.82, 2.24) is 9.38 Å². The molecule has 0 spiro atoms. The van der Waals surface area contributed by atoms with Crippen molar-refractivity contribution in [2.75, 3.05) is 6.54 Å². The number of nitrogens with zero attached hydrogens (tertiary/aromatic N) is 2. The SMILES string of the molecule is Cc1cccc2c1ccn1c(CCCN)cnc21. The van der Waals surface area contributed by atoms with Gasteiger partial charge in [-0.3, -0.25) is 0 Å². The minimum absolute atomic E-state index is 0.722. The van der Waals surface area contributed by atoms with Crippen LogP contribution in [0.1, 0.15) is 17.7 Å². The smallest absolute Gasteiger partial charge is 0.144 e. The van der Waals surface area contributed by atoms with E-state index in [1.54, 1.807) is 0 Å². The van der Waals surface area contributed by atoms with Crippen molar-refractivity contribution in [3.8, 4) is 0 Å². The maximum absolute atomic E-state index is 5.57. The maximum atomic E-state index is 5.57. The number of hydrogen-bond acceptors (Lipinski definition) is 2. The quantitative estimate of drug-likeness (QED) is 0.763. The second kappa shape index (κ2) is 4.42. The average Bonchev–Trinajstić information content (AvgIpc) is 2.80. The summed E-state index contributed by atoms with van der Waals surface area (Å²) in [6.45, 7) is 2.86. The third kappa shape index (κ3) is 1.68. The number of nitrogens with two attached hydrogens (primary N) is 1. The molecule has 0 radical (unpaired) electrons. The van der Waals surface area contributed by atoms with E-state index in [1.165, 1.54) is 22.0 Å². The van der Waals surface area contributed by atoms with E-state index in [0.29, 0.717) is 0 Å². The Morgan fingerprint density at radius 1 is 1.22 bits per heavy atom. The van der Waals surface area contributed by atoms with E-state index >= 15 is 0 Å². The minimum atomic E-state index is 0.722. The van der Waals surface area contributed by atoms with Crippen molar-refractivity contribution in [3.05, 3.63) is 47.9 Å². The summed E-state index contributed by atoms with van der Waals surface area (Å²) in [6.07, 6.45) is 6.06.